The number of thiophene rings is 1. The highest BCUT2D eigenvalue weighted by Crippen LogP contribution is 2.30. The van der Waals surface area contributed by atoms with E-state index < -0.39 is 0 Å². The second kappa shape index (κ2) is 5.72. The molecular weight excluding hydrogens is 314 g/mol. The van der Waals surface area contributed by atoms with Crippen molar-refractivity contribution in [3.8, 4) is 0 Å². The minimum Gasteiger partial charge on any atom is -0.373 e. The first-order valence-corrected chi connectivity index (χ1v) is 7.80. The fourth-order valence-corrected chi connectivity index (χ4v) is 2.83. The van der Waals surface area contributed by atoms with Crippen LogP contribution in [0.15, 0.2) is 15.9 Å². The van der Waals surface area contributed by atoms with Gasteiger partial charge in [-0.15, -0.1) is 11.3 Å². The molecule has 1 aromatic rings. The van der Waals surface area contributed by atoms with E-state index in [9.17, 15) is 4.79 Å². The lowest BCUT2D eigenvalue weighted by molar-refractivity contribution is -0.0210. The molecule has 0 radical (unpaired) electrons. The molecule has 1 saturated carbocycles. The maximum atomic E-state index is 11.9. The number of ether oxygens (including phenoxy) is 1. The Balaban J connectivity index is 1.76. The second-order valence-corrected chi connectivity index (χ2v) is 7.15. The van der Waals surface area contributed by atoms with Crippen molar-refractivity contribution in [3.63, 3.8) is 0 Å². The number of hydrogen-bond acceptors (Lipinski definition) is 3. The molecule has 0 aliphatic heterocycles. The molecule has 0 saturated heterocycles. The van der Waals surface area contributed by atoms with E-state index >= 15 is 0 Å². The quantitative estimate of drug-likeness (QED) is 0.867. The highest BCUT2D eigenvalue weighted by atomic mass is 79.9. The van der Waals surface area contributed by atoms with Gasteiger partial charge in [-0.1, -0.05) is 0 Å². The number of carbonyl (C=O) groups excluding carboxylic acids is 1. The van der Waals surface area contributed by atoms with Crippen molar-refractivity contribution in [1.29, 1.82) is 0 Å². The summed E-state index contributed by atoms with van der Waals surface area (Å²) in [5.41, 5.74) is -0.299. The maximum Gasteiger partial charge on any atom is 0.261 e. The number of carbonyl (C=O) groups is 1. The highest BCUT2D eigenvalue weighted by Gasteiger charge is 2.26. The van der Waals surface area contributed by atoms with Crippen LogP contribution in [0, 0.1) is 5.92 Å². The van der Waals surface area contributed by atoms with Gasteiger partial charge in [0.15, 0.2) is 0 Å². The summed E-state index contributed by atoms with van der Waals surface area (Å²) in [6, 6.07) is 1.83. The van der Waals surface area contributed by atoms with Crippen LogP contribution >= 0.6 is 27.3 Å². The fourth-order valence-electron chi connectivity index (χ4n) is 1.49. The summed E-state index contributed by atoms with van der Waals surface area (Å²) >= 11 is 4.78. The van der Waals surface area contributed by atoms with Crippen LogP contribution in [0.5, 0.6) is 0 Å². The van der Waals surface area contributed by atoms with Crippen molar-refractivity contribution in [1.82, 2.24) is 5.32 Å². The molecule has 1 heterocycles. The van der Waals surface area contributed by atoms with Gasteiger partial charge >= 0.3 is 0 Å². The number of halogens is 1. The molecule has 1 aromatic heterocycles. The molecule has 2 rings (SSSR count). The van der Waals surface area contributed by atoms with Crippen molar-refractivity contribution in [2.45, 2.75) is 32.3 Å². The SMILES string of the molecule is CC(C)(CNC(=O)c1cc(Br)cs1)OCC1CC1. The van der Waals surface area contributed by atoms with E-state index in [1.54, 1.807) is 0 Å². The topological polar surface area (TPSA) is 38.3 Å². The van der Waals surface area contributed by atoms with E-state index in [-0.39, 0.29) is 11.5 Å². The normalized spacial score (nSPS) is 15.7. The van der Waals surface area contributed by atoms with E-state index in [1.165, 1.54) is 24.2 Å². The molecule has 3 nitrogen and oxygen atoms in total. The van der Waals surface area contributed by atoms with E-state index in [0.29, 0.717) is 6.54 Å². The predicted molar refractivity (Wildman–Crippen MR) is 77.1 cm³/mol. The van der Waals surface area contributed by atoms with E-state index in [2.05, 4.69) is 21.2 Å². The first-order valence-electron chi connectivity index (χ1n) is 6.12. The molecule has 0 aromatic carbocycles. The summed E-state index contributed by atoms with van der Waals surface area (Å²) < 4.78 is 6.77. The van der Waals surface area contributed by atoms with Gasteiger partial charge in [0.25, 0.3) is 5.91 Å². The summed E-state index contributed by atoms with van der Waals surface area (Å²) in [6.07, 6.45) is 2.57. The number of hydrogen-bond donors (Lipinski definition) is 1. The minimum absolute atomic E-state index is 0.0335. The molecule has 1 N–H and O–H groups in total. The molecule has 1 fully saturated rings. The summed E-state index contributed by atoms with van der Waals surface area (Å²) in [5, 5.41) is 4.83. The average Bonchev–Trinajstić information content (AvgIpc) is 3.05. The molecule has 1 aliphatic carbocycles. The molecule has 0 spiro atoms. The fraction of sp³-hybridized carbons (Fsp3) is 0.615. The van der Waals surface area contributed by atoms with Gasteiger partial charge in [-0.05, 0) is 54.6 Å². The molecule has 1 amide bonds. The van der Waals surface area contributed by atoms with Gasteiger partial charge in [0, 0.05) is 16.4 Å². The Labute approximate surface area is 120 Å². The Kier molecular flexibility index (Phi) is 4.45. The average molecular weight is 332 g/mol. The lowest BCUT2D eigenvalue weighted by atomic mass is 10.1. The molecule has 18 heavy (non-hydrogen) atoms. The summed E-state index contributed by atoms with van der Waals surface area (Å²) in [6.45, 7) is 5.38. The lowest BCUT2D eigenvalue weighted by Crippen LogP contribution is -2.40. The van der Waals surface area contributed by atoms with Crippen LogP contribution in [-0.4, -0.2) is 24.7 Å². The van der Waals surface area contributed by atoms with Gasteiger partial charge in [-0.2, -0.15) is 0 Å². The third-order valence-electron chi connectivity index (χ3n) is 2.87. The largest absolute Gasteiger partial charge is 0.373 e. The lowest BCUT2D eigenvalue weighted by Gasteiger charge is -2.25. The van der Waals surface area contributed by atoms with Crippen LogP contribution in [0.3, 0.4) is 0 Å². The molecule has 1 aliphatic rings. The molecule has 100 valence electrons. The molecule has 0 unspecified atom stereocenters. The van der Waals surface area contributed by atoms with E-state index in [0.717, 1.165) is 21.9 Å². The van der Waals surface area contributed by atoms with Crippen molar-refractivity contribution < 1.29 is 9.53 Å². The third-order valence-corrected chi connectivity index (χ3v) is 4.56. The van der Waals surface area contributed by atoms with Crippen LogP contribution in [0.25, 0.3) is 0 Å². The first kappa shape index (κ1) is 14.0. The zero-order valence-corrected chi connectivity index (χ0v) is 13.1. The zero-order chi connectivity index (χ0) is 13.2. The molecular formula is C13H18BrNO2S. The van der Waals surface area contributed by atoms with Crippen molar-refractivity contribution in [2.75, 3.05) is 13.2 Å². The Morgan fingerprint density at radius 1 is 1.61 bits per heavy atom. The highest BCUT2D eigenvalue weighted by molar-refractivity contribution is 9.10. The summed E-state index contributed by atoms with van der Waals surface area (Å²) in [4.78, 5) is 12.6. The third kappa shape index (κ3) is 4.37. The van der Waals surface area contributed by atoms with Crippen LogP contribution in [0.2, 0.25) is 0 Å². The van der Waals surface area contributed by atoms with Crippen molar-refractivity contribution in [3.05, 3.63) is 20.8 Å². The summed E-state index contributed by atoms with van der Waals surface area (Å²) in [7, 11) is 0. The van der Waals surface area contributed by atoms with Gasteiger partial charge in [0.1, 0.15) is 0 Å². The van der Waals surface area contributed by atoms with Crippen LogP contribution in [0.1, 0.15) is 36.4 Å². The molecule has 0 atom stereocenters. The minimum atomic E-state index is -0.299. The van der Waals surface area contributed by atoms with E-state index in [4.69, 9.17) is 4.74 Å². The van der Waals surface area contributed by atoms with E-state index in [1.807, 2.05) is 25.3 Å². The van der Waals surface area contributed by atoms with Crippen molar-refractivity contribution >= 4 is 33.2 Å². The van der Waals surface area contributed by atoms with Gasteiger partial charge in [0.05, 0.1) is 17.1 Å². The monoisotopic (exact) mass is 331 g/mol. The van der Waals surface area contributed by atoms with Crippen LogP contribution in [-0.2, 0) is 4.74 Å². The Bertz CT molecular complexity index is 426. The van der Waals surface area contributed by atoms with Crippen LogP contribution < -0.4 is 5.32 Å². The number of amides is 1. The number of nitrogens with one attached hydrogen (secondary N) is 1. The van der Waals surface area contributed by atoms with Gasteiger partial charge in [0.2, 0.25) is 0 Å². The summed E-state index contributed by atoms with van der Waals surface area (Å²) in [5.74, 6) is 0.710. The Hall–Kier alpha value is -0.390. The maximum absolute atomic E-state index is 11.9. The predicted octanol–water partition coefficient (Wildman–Crippen LogP) is 3.45. The van der Waals surface area contributed by atoms with Crippen LogP contribution in [0.4, 0.5) is 0 Å². The van der Waals surface area contributed by atoms with Gasteiger partial charge in [-0.3, -0.25) is 4.79 Å². The smallest absolute Gasteiger partial charge is 0.261 e. The number of rotatable bonds is 6. The van der Waals surface area contributed by atoms with Gasteiger partial charge in [-0.25, -0.2) is 0 Å². The second-order valence-electron chi connectivity index (χ2n) is 5.33. The first-order chi connectivity index (χ1) is 8.46. The molecule has 0 bridgehead atoms. The Morgan fingerprint density at radius 2 is 2.33 bits per heavy atom. The zero-order valence-electron chi connectivity index (χ0n) is 10.7. The van der Waals surface area contributed by atoms with Crippen molar-refractivity contribution in [2.24, 2.45) is 5.92 Å². The molecule has 5 heteroatoms. The Morgan fingerprint density at radius 3 is 2.89 bits per heavy atom. The standard InChI is InChI=1S/C13H18BrNO2S/c1-13(2,17-6-9-3-4-9)8-15-12(16)11-5-10(14)7-18-11/h5,7,9H,3-4,6,8H2,1-2H3,(H,15,16). The van der Waals surface area contributed by atoms with Gasteiger partial charge < -0.3 is 10.1 Å².